The molecule has 0 spiro atoms. The molecule has 4 heteroatoms. The summed E-state index contributed by atoms with van der Waals surface area (Å²) < 4.78 is 5.30. The van der Waals surface area contributed by atoms with E-state index in [9.17, 15) is 4.79 Å². The minimum Gasteiger partial charge on any atom is -0.380 e. The van der Waals surface area contributed by atoms with Crippen molar-refractivity contribution in [2.75, 3.05) is 33.4 Å². The fraction of sp³-hybridized carbons (Fsp3) is 0.929. The Bertz CT molecular complexity index is 261. The molecule has 18 heavy (non-hydrogen) atoms. The fourth-order valence-corrected chi connectivity index (χ4v) is 2.67. The molecule has 0 unspecified atom stereocenters. The lowest BCUT2D eigenvalue weighted by Crippen LogP contribution is -2.49. The number of carbonyl (C=O) groups excluding carboxylic acids is 1. The monoisotopic (exact) mass is 256 g/mol. The molecule has 0 aromatic rings. The van der Waals surface area contributed by atoms with Crippen molar-refractivity contribution in [2.45, 2.75) is 39.5 Å². The van der Waals surface area contributed by atoms with E-state index in [-0.39, 0.29) is 11.3 Å². The molecule has 0 aromatic heterocycles. The molecule has 1 aliphatic carbocycles. The van der Waals surface area contributed by atoms with E-state index < -0.39 is 0 Å². The topological polar surface area (TPSA) is 55.6 Å². The highest BCUT2D eigenvalue weighted by Gasteiger charge is 2.41. The average Bonchev–Trinajstić information content (AvgIpc) is 2.39. The number of hydrogen-bond acceptors (Lipinski definition) is 3. The number of rotatable bonds is 6. The molecule has 1 saturated carbocycles. The Morgan fingerprint density at radius 1 is 1.44 bits per heavy atom. The smallest absolute Gasteiger partial charge is 0.229 e. The lowest BCUT2D eigenvalue weighted by Gasteiger charge is -2.39. The Hall–Kier alpha value is -0.610. The number of nitrogens with zero attached hydrogens (tertiary/aromatic N) is 1. The van der Waals surface area contributed by atoms with Gasteiger partial charge in [-0.2, -0.15) is 0 Å². The molecule has 4 nitrogen and oxygen atoms in total. The lowest BCUT2D eigenvalue weighted by atomic mass is 9.70. The zero-order valence-electron chi connectivity index (χ0n) is 12.1. The van der Waals surface area contributed by atoms with Gasteiger partial charge in [0.25, 0.3) is 0 Å². The van der Waals surface area contributed by atoms with Gasteiger partial charge in [0.2, 0.25) is 5.91 Å². The van der Waals surface area contributed by atoms with Gasteiger partial charge in [-0.25, -0.2) is 0 Å². The van der Waals surface area contributed by atoms with E-state index in [1.165, 1.54) is 0 Å². The highest BCUT2D eigenvalue weighted by Crippen LogP contribution is 2.39. The molecule has 0 aromatic carbocycles. The van der Waals surface area contributed by atoms with Crippen molar-refractivity contribution < 1.29 is 9.53 Å². The average molecular weight is 256 g/mol. The first-order valence-corrected chi connectivity index (χ1v) is 7.09. The Balaban J connectivity index is 2.55. The highest BCUT2D eigenvalue weighted by molar-refractivity contribution is 5.83. The van der Waals surface area contributed by atoms with Crippen LogP contribution in [0.5, 0.6) is 0 Å². The maximum Gasteiger partial charge on any atom is 0.229 e. The van der Waals surface area contributed by atoms with Gasteiger partial charge in [0.05, 0.1) is 12.0 Å². The highest BCUT2D eigenvalue weighted by atomic mass is 16.5. The van der Waals surface area contributed by atoms with E-state index in [0.29, 0.717) is 26.3 Å². The van der Waals surface area contributed by atoms with Crippen LogP contribution in [0.15, 0.2) is 0 Å². The van der Waals surface area contributed by atoms with Crippen LogP contribution in [0.2, 0.25) is 0 Å². The minimum absolute atomic E-state index is 0.205. The van der Waals surface area contributed by atoms with Crippen LogP contribution in [0.1, 0.15) is 39.5 Å². The second-order valence-electron chi connectivity index (χ2n) is 5.59. The summed E-state index contributed by atoms with van der Waals surface area (Å²) in [5.41, 5.74) is 5.59. The van der Waals surface area contributed by atoms with Crippen LogP contribution >= 0.6 is 0 Å². The summed E-state index contributed by atoms with van der Waals surface area (Å²) >= 11 is 0. The number of hydrogen-bond donors (Lipinski definition) is 1. The summed E-state index contributed by atoms with van der Waals surface area (Å²) in [6.45, 7) is 6.65. The molecule has 0 aliphatic heterocycles. The van der Waals surface area contributed by atoms with E-state index in [4.69, 9.17) is 10.5 Å². The lowest BCUT2D eigenvalue weighted by molar-refractivity contribution is -0.143. The molecule has 1 rings (SSSR count). The van der Waals surface area contributed by atoms with Crippen LogP contribution in [0.3, 0.4) is 0 Å². The van der Waals surface area contributed by atoms with Gasteiger partial charge in [-0.05, 0) is 38.5 Å². The van der Waals surface area contributed by atoms with Gasteiger partial charge in [-0.15, -0.1) is 0 Å². The summed E-state index contributed by atoms with van der Waals surface area (Å²) in [4.78, 5) is 14.3. The molecule has 1 aliphatic rings. The summed E-state index contributed by atoms with van der Waals surface area (Å²) in [6, 6.07) is 0. The second kappa shape index (κ2) is 7.10. The van der Waals surface area contributed by atoms with E-state index in [0.717, 1.165) is 31.6 Å². The van der Waals surface area contributed by atoms with Crippen molar-refractivity contribution in [3.63, 3.8) is 0 Å². The van der Waals surface area contributed by atoms with Gasteiger partial charge in [0, 0.05) is 26.7 Å². The summed E-state index contributed by atoms with van der Waals surface area (Å²) in [6.07, 6.45) is 4.09. The van der Waals surface area contributed by atoms with Gasteiger partial charge in [-0.3, -0.25) is 4.79 Å². The van der Waals surface area contributed by atoms with Crippen LogP contribution < -0.4 is 5.73 Å². The molecule has 106 valence electrons. The van der Waals surface area contributed by atoms with Gasteiger partial charge >= 0.3 is 0 Å². The molecule has 2 N–H and O–H groups in total. The van der Waals surface area contributed by atoms with Crippen LogP contribution in [-0.4, -0.2) is 44.2 Å². The van der Waals surface area contributed by atoms with Crippen molar-refractivity contribution in [3.05, 3.63) is 0 Å². The predicted octanol–water partition coefficient (Wildman–Crippen LogP) is 1.64. The van der Waals surface area contributed by atoms with Crippen molar-refractivity contribution >= 4 is 5.91 Å². The third-order valence-electron chi connectivity index (χ3n) is 4.20. The van der Waals surface area contributed by atoms with Crippen LogP contribution in [-0.2, 0) is 9.53 Å². The minimum atomic E-state index is -0.312. The Morgan fingerprint density at radius 2 is 2.06 bits per heavy atom. The molecule has 0 bridgehead atoms. The maximum atomic E-state index is 12.5. The van der Waals surface area contributed by atoms with E-state index in [1.807, 2.05) is 14.0 Å². The zero-order chi connectivity index (χ0) is 13.6. The summed E-state index contributed by atoms with van der Waals surface area (Å²) in [5, 5.41) is 0. The Morgan fingerprint density at radius 3 is 2.56 bits per heavy atom. The standard InChI is InChI=1S/C14H28N2O2/c1-4-18-10-9-16(3)13(17)14(11-15)7-5-12(2)6-8-14/h12H,4-11,15H2,1-3H3. The molecule has 0 atom stereocenters. The molecule has 1 fully saturated rings. The van der Waals surface area contributed by atoms with E-state index in [1.54, 1.807) is 4.90 Å². The second-order valence-corrected chi connectivity index (χ2v) is 5.59. The van der Waals surface area contributed by atoms with Crippen molar-refractivity contribution in [1.29, 1.82) is 0 Å². The third-order valence-corrected chi connectivity index (χ3v) is 4.20. The number of carbonyl (C=O) groups is 1. The van der Waals surface area contributed by atoms with Gasteiger partial charge in [0.1, 0.15) is 0 Å². The van der Waals surface area contributed by atoms with Gasteiger partial charge < -0.3 is 15.4 Å². The van der Waals surface area contributed by atoms with Crippen molar-refractivity contribution in [1.82, 2.24) is 4.90 Å². The summed E-state index contributed by atoms with van der Waals surface area (Å²) in [5.74, 6) is 0.933. The molecule has 0 heterocycles. The number of ether oxygens (including phenoxy) is 1. The molecular formula is C14H28N2O2. The number of likely N-dealkylation sites (N-methyl/N-ethyl adjacent to an activating group) is 1. The fourth-order valence-electron chi connectivity index (χ4n) is 2.67. The largest absolute Gasteiger partial charge is 0.380 e. The third kappa shape index (κ3) is 3.69. The van der Waals surface area contributed by atoms with E-state index in [2.05, 4.69) is 6.92 Å². The van der Waals surface area contributed by atoms with E-state index >= 15 is 0 Å². The normalized spacial score (nSPS) is 28.1. The number of amides is 1. The molecule has 0 saturated heterocycles. The van der Waals surface area contributed by atoms with Gasteiger partial charge in [-0.1, -0.05) is 6.92 Å². The summed E-state index contributed by atoms with van der Waals surface area (Å²) in [7, 11) is 1.86. The van der Waals surface area contributed by atoms with Crippen molar-refractivity contribution in [3.8, 4) is 0 Å². The van der Waals surface area contributed by atoms with Crippen LogP contribution in [0.25, 0.3) is 0 Å². The SMILES string of the molecule is CCOCCN(C)C(=O)C1(CN)CCC(C)CC1. The van der Waals surface area contributed by atoms with Crippen LogP contribution in [0.4, 0.5) is 0 Å². The van der Waals surface area contributed by atoms with Crippen molar-refractivity contribution in [2.24, 2.45) is 17.1 Å². The first-order valence-electron chi connectivity index (χ1n) is 7.09. The predicted molar refractivity (Wildman–Crippen MR) is 73.2 cm³/mol. The molecular weight excluding hydrogens is 228 g/mol. The quantitative estimate of drug-likeness (QED) is 0.735. The zero-order valence-corrected chi connectivity index (χ0v) is 12.1. The Kier molecular flexibility index (Phi) is 6.09. The first-order chi connectivity index (χ1) is 8.55. The van der Waals surface area contributed by atoms with Crippen LogP contribution in [0, 0.1) is 11.3 Å². The number of nitrogens with two attached hydrogens (primary N) is 1. The molecule has 0 radical (unpaired) electrons. The van der Waals surface area contributed by atoms with Gasteiger partial charge in [0.15, 0.2) is 0 Å². The first kappa shape index (κ1) is 15.4. The Labute approximate surface area is 111 Å². The molecule has 1 amide bonds. The maximum absolute atomic E-state index is 12.5.